The van der Waals surface area contributed by atoms with Gasteiger partial charge in [-0.3, -0.25) is 5.32 Å². The number of rotatable bonds is 7. The number of ether oxygens (including phenoxy) is 1. The van der Waals surface area contributed by atoms with E-state index in [1.165, 1.54) is 11.3 Å². The smallest absolute Gasteiger partial charge is 0.410 e. The van der Waals surface area contributed by atoms with Crippen LogP contribution in [0.25, 0.3) is 6.08 Å². The molecule has 1 aromatic heterocycles. The van der Waals surface area contributed by atoms with Gasteiger partial charge in [0.05, 0.1) is 5.00 Å². The Bertz CT molecular complexity index is 1150. The molecule has 6 nitrogen and oxygen atoms in total. The molecule has 0 aliphatic carbocycles. The average molecular weight is 504 g/mol. The summed E-state index contributed by atoms with van der Waals surface area (Å²) in [4.78, 5) is 29.4. The van der Waals surface area contributed by atoms with E-state index in [1.807, 2.05) is 71.8 Å². The largest absolute Gasteiger partial charge is 0.415 e. The lowest BCUT2D eigenvalue weighted by Gasteiger charge is -2.34. The van der Waals surface area contributed by atoms with Crippen molar-refractivity contribution < 1.29 is 14.3 Å². The first-order valence-corrected chi connectivity index (χ1v) is 13.2. The van der Waals surface area contributed by atoms with Crippen molar-refractivity contribution in [3.8, 4) is 5.75 Å². The summed E-state index contributed by atoms with van der Waals surface area (Å²) < 4.78 is 5.54. The van der Waals surface area contributed by atoms with Crippen LogP contribution in [0.4, 0.5) is 14.6 Å². The normalized spacial score (nSPS) is 14.4. The van der Waals surface area contributed by atoms with Crippen molar-refractivity contribution >= 4 is 34.5 Å². The van der Waals surface area contributed by atoms with Crippen LogP contribution >= 0.6 is 11.3 Å². The number of likely N-dealkylation sites (tertiary alicyclic amines) is 1. The van der Waals surface area contributed by atoms with Crippen LogP contribution in [0.5, 0.6) is 5.75 Å². The molecule has 3 amide bonds. The van der Waals surface area contributed by atoms with Gasteiger partial charge in [0.2, 0.25) is 0 Å². The number of carbonyl (C=O) groups is 2. The van der Waals surface area contributed by atoms with E-state index in [9.17, 15) is 9.59 Å². The van der Waals surface area contributed by atoms with Crippen LogP contribution in [-0.2, 0) is 0 Å². The molecule has 2 aromatic carbocycles. The lowest BCUT2D eigenvalue weighted by atomic mass is 9.96. The monoisotopic (exact) mass is 503 g/mol. The molecule has 2 heterocycles. The number of urea groups is 1. The van der Waals surface area contributed by atoms with E-state index in [1.54, 1.807) is 4.90 Å². The number of thiophene rings is 1. The van der Waals surface area contributed by atoms with E-state index in [4.69, 9.17) is 4.74 Å². The van der Waals surface area contributed by atoms with Gasteiger partial charge in [-0.2, -0.15) is 0 Å². The number of nitrogens with one attached hydrogen (secondary N) is 1. The van der Waals surface area contributed by atoms with Gasteiger partial charge in [0.1, 0.15) is 5.75 Å². The molecule has 36 heavy (non-hydrogen) atoms. The number of anilines is 1. The lowest BCUT2D eigenvalue weighted by Crippen LogP contribution is -2.45. The zero-order valence-corrected chi connectivity index (χ0v) is 21.7. The molecule has 1 fully saturated rings. The first-order valence-electron chi connectivity index (χ1n) is 12.3. The van der Waals surface area contributed by atoms with E-state index >= 15 is 0 Å². The van der Waals surface area contributed by atoms with Gasteiger partial charge in [-0.15, -0.1) is 11.3 Å². The van der Waals surface area contributed by atoms with Gasteiger partial charge in [0, 0.05) is 26.2 Å². The summed E-state index contributed by atoms with van der Waals surface area (Å²) in [7, 11) is 0. The Morgan fingerprint density at radius 1 is 1.06 bits per heavy atom. The summed E-state index contributed by atoms with van der Waals surface area (Å²) in [5, 5.41) is 5.82. The van der Waals surface area contributed by atoms with Crippen LogP contribution in [0.3, 0.4) is 0 Å². The Morgan fingerprint density at radius 2 is 1.78 bits per heavy atom. The molecule has 0 bridgehead atoms. The van der Waals surface area contributed by atoms with Crippen LogP contribution in [0, 0.1) is 12.8 Å². The summed E-state index contributed by atoms with van der Waals surface area (Å²) in [5.41, 5.74) is 3.35. The van der Waals surface area contributed by atoms with Crippen molar-refractivity contribution in [2.24, 2.45) is 5.92 Å². The Balaban J connectivity index is 1.35. The molecule has 0 saturated carbocycles. The van der Waals surface area contributed by atoms with E-state index in [-0.39, 0.29) is 12.1 Å². The van der Waals surface area contributed by atoms with Crippen LogP contribution in [-0.4, -0.2) is 48.1 Å². The summed E-state index contributed by atoms with van der Waals surface area (Å²) in [6, 6.07) is 21.4. The van der Waals surface area contributed by atoms with Gasteiger partial charge in [-0.25, -0.2) is 9.59 Å². The molecule has 1 N–H and O–H groups in total. The first kappa shape index (κ1) is 25.5. The molecule has 7 heteroatoms. The van der Waals surface area contributed by atoms with Crippen LogP contribution in [0.1, 0.15) is 30.9 Å². The minimum atomic E-state index is -0.314. The molecular formula is C29H33N3O3S. The average Bonchev–Trinajstić information content (AvgIpc) is 3.39. The molecule has 0 atom stereocenters. The second-order valence-electron chi connectivity index (χ2n) is 9.30. The number of nitrogens with zero attached hydrogens (tertiary/aromatic N) is 2. The second-order valence-corrected chi connectivity index (χ2v) is 10.2. The number of piperidine rings is 1. The molecule has 1 aliphatic heterocycles. The third-order valence-electron chi connectivity index (χ3n) is 6.27. The lowest BCUT2D eigenvalue weighted by molar-refractivity contribution is 0.123. The number of benzene rings is 2. The van der Waals surface area contributed by atoms with E-state index in [0.29, 0.717) is 37.8 Å². The van der Waals surface area contributed by atoms with Gasteiger partial charge >= 0.3 is 12.1 Å². The Morgan fingerprint density at radius 3 is 2.44 bits per heavy atom. The van der Waals surface area contributed by atoms with Crippen molar-refractivity contribution in [3.05, 3.63) is 88.8 Å². The van der Waals surface area contributed by atoms with Crippen molar-refractivity contribution in [2.75, 3.05) is 31.5 Å². The highest BCUT2D eigenvalue weighted by Crippen LogP contribution is 2.23. The maximum absolute atomic E-state index is 13.2. The standard InChI is InChI=1S/C29H33N3O3S/c1-22-10-12-26(13-11-22)35-29(34)31-16-14-25(15-17-31)21-32(28(33)30-27-9-6-18-36-27)20-23(2)19-24-7-4-3-5-8-24/h3-13,18-19,25H,14-17,20-21H2,1-2H3,(H,30,33)/b23-19+. The molecule has 4 rings (SSSR count). The van der Waals surface area contributed by atoms with Gasteiger partial charge in [0.15, 0.2) is 0 Å². The van der Waals surface area contributed by atoms with Gasteiger partial charge in [-0.05, 0) is 67.8 Å². The van der Waals surface area contributed by atoms with Crippen molar-refractivity contribution in [1.29, 1.82) is 0 Å². The minimum Gasteiger partial charge on any atom is -0.410 e. The predicted octanol–water partition coefficient (Wildman–Crippen LogP) is 6.90. The number of amides is 3. The number of aryl methyl sites for hydroxylation is 1. The highest BCUT2D eigenvalue weighted by Gasteiger charge is 2.27. The third kappa shape index (κ3) is 7.46. The van der Waals surface area contributed by atoms with Crippen LogP contribution < -0.4 is 10.1 Å². The molecule has 0 radical (unpaired) electrons. The van der Waals surface area contributed by atoms with Gasteiger partial charge < -0.3 is 14.5 Å². The van der Waals surface area contributed by atoms with E-state index in [2.05, 4.69) is 30.4 Å². The van der Waals surface area contributed by atoms with Gasteiger partial charge in [0.25, 0.3) is 0 Å². The third-order valence-corrected chi connectivity index (χ3v) is 7.05. The SMILES string of the molecule is C/C(=C\c1ccccc1)CN(CC1CCN(C(=O)Oc2ccc(C)cc2)CC1)C(=O)Nc1cccs1. The summed E-state index contributed by atoms with van der Waals surface area (Å²) in [6.45, 7) is 6.48. The van der Waals surface area contributed by atoms with Crippen LogP contribution in [0.2, 0.25) is 0 Å². The van der Waals surface area contributed by atoms with E-state index in [0.717, 1.165) is 34.5 Å². The van der Waals surface area contributed by atoms with E-state index < -0.39 is 0 Å². The fourth-order valence-corrected chi connectivity index (χ4v) is 4.92. The highest BCUT2D eigenvalue weighted by atomic mass is 32.1. The maximum Gasteiger partial charge on any atom is 0.415 e. The molecule has 188 valence electrons. The molecule has 1 saturated heterocycles. The fraction of sp³-hybridized carbons (Fsp3) is 0.310. The second kappa shape index (κ2) is 12.4. The van der Waals surface area contributed by atoms with Crippen molar-refractivity contribution in [3.63, 3.8) is 0 Å². The van der Waals surface area contributed by atoms with Crippen molar-refractivity contribution in [2.45, 2.75) is 26.7 Å². The molecule has 3 aromatic rings. The number of hydrogen-bond donors (Lipinski definition) is 1. The summed E-state index contributed by atoms with van der Waals surface area (Å²) in [6.07, 6.45) is 3.46. The zero-order valence-electron chi connectivity index (χ0n) is 20.9. The predicted molar refractivity (Wildman–Crippen MR) is 147 cm³/mol. The first-order chi connectivity index (χ1) is 17.5. The molecule has 0 spiro atoms. The van der Waals surface area contributed by atoms with Crippen molar-refractivity contribution in [1.82, 2.24) is 9.80 Å². The minimum absolute atomic E-state index is 0.0977. The summed E-state index contributed by atoms with van der Waals surface area (Å²) >= 11 is 1.51. The molecule has 1 aliphatic rings. The molecular weight excluding hydrogens is 470 g/mol. The summed E-state index contributed by atoms with van der Waals surface area (Å²) in [5.74, 6) is 0.872. The fourth-order valence-electron chi connectivity index (χ4n) is 4.32. The zero-order chi connectivity index (χ0) is 25.3. The topological polar surface area (TPSA) is 61.9 Å². The number of hydrogen-bond acceptors (Lipinski definition) is 4. The Hall–Kier alpha value is -3.58. The van der Waals surface area contributed by atoms with Crippen LogP contribution in [0.15, 0.2) is 77.7 Å². The van der Waals surface area contributed by atoms with Gasteiger partial charge in [-0.1, -0.05) is 59.7 Å². The Kier molecular flexibility index (Phi) is 8.79. The Labute approximate surface area is 217 Å². The molecule has 0 unspecified atom stereocenters. The quantitative estimate of drug-likeness (QED) is 0.381. The highest BCUT2D eigenvalue weighted by molar-refractivity contribution is 7.14. The maximum atomic E-state index is 13.2. The number of carbonyl (C=O) groups excluding carboxylic acids is 2.